The Labute approximate surface area is 863 Å². The first-order valence-electron chi connectivity index (χ1n) is 43.8. The van der Waals surface area contributed by atoms with Crippen molar-refractivity contribution in [3.8, 4) is 34.5 Å². The number of ether oxygens (including phenoxy) is 4. The van der Waals surface area contributed by atoms with Crippen LogP contribution in [0.4, 0.5) is 0 Å². The molecule has 0 aliphatic carbocycles. The van der Waals surface area contributed by atoms with Gasteiger partial charge in [0.1, 0.15) is 34.5 Å². The minimum Gasteiger partial charge on any atom is 0 e. The SMILES string of the molecule is CC(C)O.CC(C)O.CC(C)O.CC(C)O.CC(C)O.COCc1cc(C)cc(C(C)(C)C)c1O.COCc1cc(C)cc(C(C)(C)C)c1O.COCc1cc(C)cc(C(C)(C)C)c1O.COCc1cc(C)cc(C(C)(C)C)c1O.Cc1cc(C(C)(C)C)c(O)c(C(C)(C)c2ccccc2)c1.Cc1cc(C(C)(C)C)c(O)c(C(C)(C)c2ccccc2)c1.[Cl][Ti]([Cl])[Cl].[Cl][Ti][Cl].[Ti].[Zr]. The minimum atomic E-state index is -1.92. The molecule has 131 heavy (non-hydrogen) atoms. The summed E-state index contributed by atoms with van der Waals surface area (Å²) in [6.07, 6.45) is -0.833. The normalized spacial score (nSPS) is 11.1. The Balaban J connectivity index is -0.000000267. The number of aryl methyl sites for hydroxylation is 6. The summed E-state index contributed by atoms with van der Waals surface area (Å²) in [7, 11) is 31.2. The summed E-state index contributed by atoms with van der Waals surface area (Å²) in [5.74, 6) is 2.35. The van der Waals surface area contributed by atoms with E-state index in [9.17, 15) is 30.6 Å². The quantitative estimate of drug-likeness (QED) is 0.0508. The van der Waals surface area contributed by atoms with Gasteiger partial charge >= 0.3 is 78.2 Å². The van der Waals surface area contributed by atoms with E-state index in [2.05, 4.69) is 239 Å². The molecule has 0 heterocycles. The van der Waals surface area contributed by atoms with Crippen molar-refractivity contribution in [2.75, 3.05) is 28.4 Å². The Bertz CT molecular complexity index is 3940. The molecule has 741 valence electrons. The first kappa shape index (κ1) is 141. The molecule has 0 saturated carbocycles. The predicted molar refractivity (Wildman–Crippen MR) is 545 cm³/mol. The minimum absolute atomic E-state index is 0. The molecule has 0 bridgehead atoms. The maximum absolute atomic E-state index is 10.8. The number of methoxy groups -OCH3 is 4. The van der Waals surface area contributed by atoms with Gasteiger partial charge in [-0.2, -0.15) is 0 Å². The number of phenolic OH excluding ortho intramolecular Hbond substituents is 6. The molecule has 8 rings (SSSR count). The molecule has 8 aromatic carbocycles. The van der Waals surface area contributed by atoms with E-state index in [-0.39, 0.29) is 122 Å². The van der Waals surface area contributed by atoms with Crippen LogP contribution in [0.5, 0.6) is 34.5 Å². The van der Waals surface area contributed by atoms with Crippen molar-refractivity contribution >= 4 is 46.5 Å². The summed E-state index contributed by atoms with van der Waals surface area (Å²) in [6, 6.07) is 45.2. The molecule has 0 atom stereocenters. The van der Waals surface area contributed by atoms with Gasteiger partial charge in [-0.05, 0) is 188 Å². The molecule has 0 saturated heterocycles. The first-order valence-corrected chi connectivity index (χ1v) is 54.5. The number of rotatable bonds is 12. The van der Waals surface area contributed by atoms with Gasteiger partial charge in [-0.25, -0.2) is 0 Å². The fourth-order valence-corrected chi connectivity index (χ4v) is 12.4. The second kappa shape index (κ2) is 67.9. The van der Waals surface area contributed by atoms with E-state index in [1.54, 1.807) is 97.7 Å². The molecule has 24 heteroatoms. The Morgan fingerprint density at radius 3 is 0.527 bits per heavy atom. The van der Waals surface area contributed by atoms with E-state index in [1.807, 2.05) is 88.4 Å². The van der Waals surface area contributed by atoms with Crippen LogP contribution < -0.4 is 0 Å². The van der Waals surface area contributed by atoms with Crippen LogP contribution in [0.15, 0.2) is 133 Å². The molecule has 15 nitrogen and oxygen atoms in total. The van der Waals surface area contributed by atoms with E-state index in [0.717, 1.165) is 89.0 Å². The molecule has 0 fully saturated rings. The van der Waals surface area contributed by atoms with Crippen molar-refractivity contribution in [3.05, 3.63) is 245 Å². The molecule has 0 amide bonds. The molecule has 0 spiro atoms. The van der Waals surface area contributed by atoms with E-state index >= 15 is 0 Å². The Kier molecular flexibility index (Phi) is 72.9. The molecular formula is C107H172Cl5O15Ti3Zr. The summed E-state index contributed by atoms with van der Waals surface area (Å²) in [5, 5.41) is 102. The monoisotopic (exact) mass is 2110 g/mol. The van der Waals surface area contributed by atoms with Crippen molar-refractivity contribution in [2.24, 2.45) is 0 Å². The standard InChI is InChI=1S/2C20H26O.4C13H20O2.5C3H8O.5ClH.3Ti.Zr/c2*1-14-12-16(19(2,3)4)18(21)17(13-14)20(5,6)15-10-8-7-9-11-15;4*1-9-6-10(8-15-5)12(14)11(7-9)13(2,3)4;5*1-3(2)4;;;;;;;;;/h2*7-13,21H,1-6H3;4*6-7,14H,8H2,1-5H3;5*3-4H,1-2H3;5*1H;;;;/q;;;;;;;;;;;;;;;;;+2;+3;/p-5. The Morgan fingerprint density at radius 2 is 0.397 bits per heavy atom. The number of phenols is 6. The summed E-state index contributed by atoms with van der Waals surface area (Å²) in [6.45, 7) is 78.0. The number of aliphatic hydroxyl groups excluding tert-OH is 5. The molecule has 0 aromatic heterocycles. The van der Waals surface area contributed by atoms with Crippen LogP contribution in [0, 0.1) is 41.5 Å². The van der Waals surface area contributed by atoms with Crippen LogP contribution in [0.2, 0.25) is 0 Å². The average molecular weight is 2110 g/mol. The van der Waals surface area contributed by atoms with Gasteiger partial charge in [-0.15, -0.1) is 0 Å². The second-order valence-electron chi connectivity index (χ2n) is 40.7. The summed E-state index contributed by atoms with van der Waals surface area (Å²) in [5.41, 5.74) is 20.1. The third-order valence-electron chi connectivity index (χ3n) is 18.2. The number of benzene rings is 8. The molecule has 0 unspecified atom stereocenters. The topological polar surface area (TPSA) is 259 Å². The number of aromatic hydroxyl groups is 6. The van der Waals surface area contributed by atoms with Gasteiger partial charge in [0, 0.05) is 151 Å². The third kappa shape index (κ3) is 60.3. The maximum atomic E-state index is 10.8. The average Bonchev–Trinajstić information content (AvgIpc) is 0.770. The fraction of sp³-hybridized carbons (Fsp3) is 0.551. The number of hydrogen-bond acceptors (Lipinski definition) is 15. The van der Waals surface area contributed by atoms with Crippen LogP contribution in [-0.2, 0) is 168 Å². The van der Waals surface area contributed by atoms with Gasteiger partial charge in [0.2, 0.25) is 0 Å². The Hall–Kier alpha value is -3.32. The number of aliphatic hydroxyl groups is 5. The van der Waals surface area contributed by atoms with Crippen LogP contribution in [0.25, 0.3) is 0 Å². The van der Waals surface area contributed by atoms with Crippen molar-refractivity contribution in [2.45, 2.75) is 363 Å². The van der Waals surface area contributed by atoms with Crippen LogP contribution >= 0.6 is 46.5 Å². The van der Waals surface area contributed by atoms with Crippen molar-refractivity contribution < 1.29 is 155 Å². The zero-order chi connectivity index (χ0) is 102. The van der Waals surface area contributed by atoms with Gasteiger partial charge in [0.15, 0.2) is 0 Å². The van der Waals surface area contributed by atoms with Crippen LogP contribution in [0.1, 0.15) is 333 Å². The second-order valence-corrected chi connectivity index (χ2v) is 51.0. The van der Waals surface area contributed by atoms with Crippen LogP contribution in [-0.4, -0.2) is 115 Å². The zero-order valence-electron chi connectivity index (χ0n) is 87.9. The largest absolute Gasteiger partial charge is 0 e. The van der Waals surface area contributed by atoms with E-state index < -0.39 is 31.7 Å². The van der Waals surface area contributed by atoms with Crippen LogP contribution in [0.3, 0.4) is 0 Å². The molecule has 0 aliphatic heterocycles. The summed E-state index contributed by atoms with van der Waals surface area (Å²) < 4.78 is 20.3. The number of hydrogen-bond donors (Lipinski definition) is 11. The third-order valence-corrected chi connectivity index (χ3v) is 18.2. The molecule has 8 aromatic rings. The fourth-order valence-electron chi connectivity index (χ4n) is 12.4. The van der Waals surface area contributed by atoms with Gasteiger partial charge in [-0.3, -0.25) is 0 Å². The maximum Gasteiger partial charge on any atom is 0 e. The van der Waals surface area contributed by atoms with Crippen molar-refractivity contribution in [3.63, 3.8) is 0 Å². The summed E-state index contributed by atoms with van der Waals surface area (Å²) >= 11 is -2.47. The van der Waals surface area contributed by atoms with Gasteiger partial charge in [0.25, 0.3) is 0 Å². The molecule has 11 N–H and O–H groups in total. The number of halogens is 5. The zero-order valence-corrected chi connectivity index (χ0v) is 98.8. The first-order chi connectivity index (χ1) is 58.5. The molecular weight excluding hydrogens is 1940 g/mol. The smallest absolute Gasteiger partial charge is 0 e. The molecule has 0 aliphatic rings. The van der Waals surface area contributed by atoms with E-state index in [0.29, 0.717) is 60.9 Å². The predicted octanol–water partition coefficient (Wildman–Crippen LogP) is 28.6. The van der Waals surface area contributed by atoms with Crippen molar-refractivity contribution in [1.82, 2.24) is 0 Å². The Morgan fingerprint density at radius 1 is 0.275 bits per heavy atom. The van der Waals surface area contributed by atoms with Gasteiger partial charge in [0.05, 0.1) is 26.4 Å². The van der Waals surface area contributed by atoms with Gasteiger partial charge in [-0.1, -0.05) is 319 Å². The van der Waals surface area contributed by atoms with Crippen molar-refractivity contribution in [1.29, 1.82) is 0 Å². The van der Waals surface area contributed by atoms with E-state index in [4.69, 9.17) is 91.0 Å². The summed E-state index contributed by atoms with van der Waals surface area (Å²) in [4.78, 5) is 0. The van der Waals surface area contributed by atoms with Gasteiger partial charge < -0.3 is 75.1 Å². The molecule has 0 radical (unpaired) electrons. The van der Waals surface area contributed by atoms with E-state index in [1.165, 1.54) is 22.3 Å².